The minimum atomic E-state index is -1.06. The van der Waals surface area contributed by atoms with Gasteiger partial charge in [-0.25, -0.2) is 4.98 Å². The van der Waals surface area contributed by atoms with Crippen molar-refractivity contribution in [3.8, 4) is 23.1 Å². The van der Waals surface area contributed by atoms with Gasteiger partial charge in [0, 0.05) is 44.0 Å². The molecule has 9 heteroatoms. The average molecular weight is 379 g/mol. The van der Waals surface area contributed by atoms with Gasteiger partial charge in [-0.15, -0.1) is 10.2 Å². The maximum absolute atomic E-state index is 14.2. The van der Waals surface area contributed by atoms with Crippen LogP contribution in [0.25, 0.3) is 11.3 Å². The predicted molar refractivity (Wildman–Crippen MR) is 99.0 cm³/mol. The van der Waals surface area contributed by atoms with E-state index < -0.39 is 11.7 Å². The molecule has 0 bridgehead atoms. The number of nitriles is 1. The number of pyridine rings is 2. The molecule has 0 radical (unpaired) electrons. The van der Waals surface area contributed by atoms with Crippen LogP contribution >= 0.6 is 0 Å². The van der Waals surface area contributed by atoms with E-state index in [9.17, 15) is 14.8 Å². The largest absolute Gasteiger partial charge is 0.503 e. The van der Waals surface area contributed by atoms with Crippen LogP contribution in [0, 0.1) is 17.3 Å². The van der Waals surface area contributed by atoms with Gasteiger partial charge in [0.2, 0.25) is 0 Å². The second-order valence-electron chi connectivity index (χ2n) is 6.74. The summed E-state index contributed by atoms with van der Waals surface area (Å²) in [5.41, 5.74) is 1.22. The lowest BCUT2D eigenvalue weighted by molar-refractivity contribution is 0.416. The van der Waals surface area contributed by atoms with Gasteiger partial charge >= 0.3 is 0 Å². The van der Waals surface area contributed by atoms with Gasteiger partial charge in [0.05, 0.1) is 5.69 Å². The van der Waals surface area contributed by atoms with Gasteiger partial charge in [-0.1, -0.05) is 0 Å². The van der Waals surface area contributed by atoms with E-state index in [0.29, 0.717) is 30.0 Å². The zero-order chi connectivity index (χ0) is 19.7. The van der Waals surface area contributed by atoms with Crippen LogP contribution in [0.5, 0.6) is 5.75 Å². The highest BCUT2D eigenvalue weighted by molar-refractivity contribution is 5.81. The highest BCUT2D eigenvalue weighted by Gasteiger charge is 2.30. The fourth-order valence-corrected chi connectivity index (χ4v) is 3.68. The molecule has 8 nitrogen and oxygen atoms in total. The molecule has 0 aromatic carbocycles. The van der Waals surface area contributed by atoms with E-state index >= 15 is 0 Å². The van der Waals surface area contributed by atoms with E-state index in [0.717, 1.165) is 18.7 Å². The molecule has 28 heavy (non-hydrogen) atoms. The molecule has 4 rings (SSSR count). The molecule has 0 atom stereocenters. The third-order valence-electron chi connectivity index (χ3n) is 5.07. The molecular weight excluding hydrogens is 361 g/mol. The summed E-state index contributed by atoms with van der Waals surface area (Å²) in [5, 5.41) is 27.8. The SMILES string of the molecule is Cn1cnnc1C1CCN(c2c(-c3cccnc3)nc(F)c(O)c2C#N)CC1. The molecule has 1 fully saturated rings. The molecule has 3 aromatic rings. The Morgan fingerprint density at radius 1 is 1.32 bits per heavy atom. The van der Waals surface area contributed by atoms with Gasteiger partial charge in [-0.2, -0.15) is 9.65 Å². The maximum Gasteiger partial charge on any atom is 0.257 e. The smallest absolute Gasteiger partial charge is 0.257 e. The van der Waals surface area contributed by atoms with Crippen LogP contribution < -0.4 is 4.90 Å². The van der Waals surface area contributed by atoms with Crippen molar-refractivity contribution < 1.29 is 9.50 Å². The zero-order valence-corrected chi connectivity index (χ0v) is 15.2. The monoisotopic (exact) mass is 379 g/mol. The van der Waals surface area contributed by atoms with E-state index in [1.165, 1.54) is 0 Å². The van der Waals surface area contributed by atoms with E-state index in [1.807, 2.05) is 22.6 Å². The quantitative estimate of drug-likeness (QED) is 0.697. The number of aromatic nitrogens is 5. The van der Waals surface area contributed by atoms with Crippen molar-refractivity contribution in [2.45, 2.75) is 18.8 Å². The van der Waals surface area contributed by atoms with Gasteiger partial charge in [-0.3, -0.25) is 4.98 Å². The Balaban J connectivity index is 1.72. The van der Waals surface area contributed by atoms with Crippen LogP contribution in [0.3, 0.4) is 0 Å². The van der Waals surface area contributed by atoms with Crippen LogP contribution in [0.4, 0.5) is 10.1 Å². The van der Waals surface area contributed by atoms with Crippen molar-refractivity contribution in [3.63, 3.8) is 0 Å². The molecule has 1 aliphatic heterocycles. The van der Waals surface area contributed by atoms with Gasteiger partial charge in [0.25, 0.3) is 5.95 Å². The van der Waals surface area contributed by atoms with Crippen LogP contribution in [0.2, 0.25) is 0 Å². The number of anilines is 1. The van der Waals surface area contributed by atoms with E-state index in [2.05, 4.69) is 20.2 Å². The second kappa shape index (κ2) is 7.23. The van der Waals surface area contributed by atoms with E-state index in [4.69, 9.17) is 0 Å². The summed E-state index contributed by atoms with van der Waals surface area (Å²) in [6.45, 7) is 1.23. The number of aromatic hydroxyl groups is 1. The van der Waals surface area contributed by atoms with E-state index in [-0.39, 0.29) is 11.5 Å². The Morgan fingerprint density at radius 3 is 2.71 bits per heavy atom. The number of aryl methyl sites for hydroxylation is 1. The lowest BCUT2D eigenvalue weighted by atomic mass is 9.94. The van der Waals surface area contributed by atoms with Crippen molar-refractivity contribution in [3.05, 3.63) is 48.2 Å². The highest BCUT2D eigenvalue weighted by atomic mass is 19.1. The highest BCUT2D eigenvalue weighted by Crippen LogP contribution is 2.40. The minimum Gasteiger partial charge on any atom is -0.503 e. The molecule has 0 unspecified atom stereocenters. The Hall–Kier alpha value is -3.54. The van der Waals surface area contributed by atoms with Gasteiger partial charge in [0.1, 0.15) is 29.5 Å². The Morgan fingerprint density at radius 2 is 2.11 bits per heavy atom. The number of hydrogen-bond acceptors (Lipinski definition) is 7. The maximum atomic E-state index is 14.2. The molecule has 0 aliphatic carbocycles. The van der Waals surface area contributed by atoms with Crippen molar-refractivity contribution in [1.29, 1.82) is 5.26 Å². The average Bonchev–Trinajstić information content (AvgIpc) is 3.16. The number of piperidine rings is 1. The first-order valence-electron chi connectivity index (χ1n) is 8.92. The number of halogens is 1. The zero-order valence-electron chi connectivity index (χ0n) is 15.2. The molecule has 0 amide bonds. The molecular formula is C19H18FN7O. The van der Waals surface area contributed by atoms with Gasteiger partial charge in [0.15, 0.2) is 5.75 Å². The topological polar surface area (TPSA) is 104 Å². The van der Waals surface area contributed by atoms with Crippen molar-refractivity contribution in [2.75, 3.05) is 18.0 Å². The molecule has 4 heterocycles. The lowest BCUT2D eigenvalue weighted by Crippen LogP contribution is -2.34. The summed E-state index contributed by atoms with van der Waals surface area (Å²) in [7, 11) is 1.91. The molecule has 142 valence electrons. The summed E-state index contributed by atoms with van der Waals surface area (Å²) >= 11 is 0. The Bertz CT molecular complexity index is 1040. The van der Waals surface area contributed by atoms with Gasteiger partial charge < -0.3 is 14.6 Å². The lowest BCUT2D eigenvalue weighted by Gasteiger charge is -2.34. The summed E-state index contributed by atoms with van der Waals surface area (Å²) in [6, 6.07) is 5.41. The molecule has 0 saturated carbocycles. The van der Waals surface area contributed by atoms with E-state index in [1.54, 1.807) is 30.9 Å². The Kier molecular flexibility index (Phi) is 4.61. The number of nitrogens with zero attached hydrogens (tertiary/aromatic N) is 7. The van der Waals surface area contributed by atoms with Gasteiger partial charge in [-0.05, 0) is 25.0 Å². The number of hydrogen-bond donors (Lipinski definition) is 1. The van der Waals surface area contributed by atoms with Crippen LogP contribution in [0.1, 0.15) is 30.1 Å². The second-order valence-corrected chi connectivity index (χ2v) is 6.74. The van der Waals surface area contributed by atoms with Crippen LogP contribution in [-0.2, 0) is 7.05 Å². The normalized spacial score (nSPS) is 14.8. The summed E-state index contributed by atoms with van der Waals surface area (Å²) in [5.74, 6) is -0.612. The molecule has 1 aliphatic rings. The van der Waals surface area contributed by atoms with Crippen molar-refractivity contribution in [1.82, 2.24) is 24.7 Å². The molecule has 1 N–H and O–H groups in total. The molecule has 0 spiro atoms. The summed E-state index contributed by atoms with van der Waals surface area (Å²) < 4.78 is 16.1. The van der Waals surface area contributed by atoms with Crippen molar-refractivity contribution >= 4 is 5.69 Å². The first kappa shape index (κ1) is 17.9. The standard InChI is InChI=1S/C19H18FN7O/c1-26-11-23-25-19(26)12-4-7-27(8-5-12)16-14(9-21)17(28)18(20)24-15(16)13-3-2-6-22-10-13/h2-3,6,10-12,28H,4-5,7-8H2,1H3. The Labute approximate surface area is 160 Å². The molecule has 3 aromatic heterocycles. The van der Waals surface area contributed by atoms with Crippen LogP contribution in [-0.4, -0.2) is 42.9 Å². The summed E-state index contributed by atoms with van der Waals surface area (Å²) in [4.78, 5) is 9.97. The first-order chi connectivity index (χ1) is 13.6. The number of rotatable bonds is 3. The third kappa shape index (κ3) is 3.03. The predicted octanol–water partition coefficient (Wildman–Crippen LogP) is 2.37. The first-order valence-corrected chi connectivity index (χ1v) is 8.92. The van der Waals surface area contributed by atoms with Crippen molar-refractivity contribution in [2.24, 2.45) is 7.05 Å². The summed E-state index contributed by atoms with van der Waals surface area (Å²) in [6.07, 6.45) is 6.44. The molecule has 1 saturated heterocycles. The fraction of sp³-hybridized carbons (Fsp3) is 0.316. The third-order valence-corrected chi connectivity index (χ3v) is 5.07. The fourth-order valence-electron chi connectivity index (χ4n) is 3.68. The minimum absolute atomic E-state index is 0.108. The van der Waals surface area contributed by atoms with Crippen LogP contribution in [0.15, 0.2) is 30.9 Å².